The summed E-state index contributed by atoms with van der Waals surface area (Å²) < 4.78 is 5.68. The molecule has 0 bridgehead atoms. The van der Waals surface area contributed by atoms with Gasteiger partial charge in [-0.3, -0.25) is 4.98 Å². The third-order valence-electron chi connectivity index (χ3n) is 2.30. The summed E-state index contributed by atoms with van der Waals surface area (Å²) in [5.41, 5.74) is 0.877. The molecule has 0 saturated heterocycles. The van der Waals surface area contributed by atoms with Gasteiger partial charge in [-0.2, -0.15) is 4.98 Å². The molecule has 0 fully saturated rings. The van der Waals surface area contributed by atoms with E-state index in [1.807, 2.05) is 33.0 Å². The Morgan fingerprint density at radius 2 is 2.06 bits per heavy atom. The van der Waals surface area contributed by atoms with Crippen LogP contribution in [0.5, 0.6) is 11.6 Å². The van der Waals surface area contributed by atoms with Crippen molar-refractivity contribution < 1.29 is 4.74 Å². The maximum atomic E-state index is 5.68. The summed E-state index contributed by atoms with van der Waals surface area (Å²) in [6.07, 6.45) is 3.35. The van der Waals surface area contributed by atoms with Gasteiger partial charge in [0.25, 0.3) is 0 Å². The van der Waals surface area contributed by atoms with E-state index in [4.69, 9.17) is 4.74 Å². The molecule has 0 unspecified atom stereocenters. The van der Waals surface area contributed by atoms with E-state index < -0.39 is 0 Å². The van der Waals surface area contributed by atoms with Crippen molar-refractivity contribution in [1.82, 2.24) is 15.0 Å². The topological polar surface area (TPSA) is 59.9 Å². The predicted octanol–water partition coefficient (Wildman–Crippen LogP) is 2.32. The summed E-state index contributed by atoms with van der Waals surface area (Å²) in [7, 11) is 1.82. The van der Waals surface area contributed by atoms with Crippen molar-refractivity contribution in [3.05, 3.63) is 35.9 Å². The molecule has 0 aliphatic carbocycles. The smallest absolute Gasteiger partial charge is 0.227 e. The second-order valence-corrected chi connectivity index (χ2v) is 3.59. The molecule has 2 rings (SSSR count). The number of anilines is 1. The molecule has 5 nitrogen and oxygen atoms in total. The zero-order chi connectivity index (χ0) is 12.3. The number of aryl methyl sites for hydroxylation is 1. The molecule has 0 aliphatic heterocycles. The van der Waals surface area contributed by atoms with Crippen molar-refractivity contribution in [3.8, 4) is 11.6 Å². The average Bonchev–Trinajstić information content (AvgIpc) is 2.34. The van der Waals surface area contributed by atoms with E-state index in [1.54, 1.807) is 12.4 Å². The molecule has 2 aromatic rings. The number of nitrogens with one attached hydrogen (secondary N) is 1. The Morgan fingerprint density at radius 3 is 2.71 bits per heavy atom. The Kier molecular flexibility index (Phi) is 3.18. The second-order valence-electron chi connectivity index (χ2n) is 3.59. The van der Waals surface area contributed by atoms with Crippen LogP contribution in [0.3, 0.4) is 0 Å². The summed E-state index contributed by atoms with van der Waals surface area (Å²) in [6, 6.07) is 3.65. The maximum absolute atomic E-state index is 5.68. The van der Waals surface area contributed by atoms with Crippen LogP contribution in [0.2, 0.25) is 0 Å². The van der Waals surface area contributed by atoms with Crippen LogP contribution in [-0.2, 0) is 0 Å². The van der Waals surface area contributed by atoms with E-state index in [2.05, 4.69) is 20.3 Å². The Labute approximate surface area is 99.9 Å². The largest absolute Gasteiger partial charge is 0.437 e. The van der Waals surface area contributed by atoms with Crippen LogP contribution in [-0.4, -0.2) is 22.0 Å². The quantitative estimate of drug-likeness (QED) is 0.876. The molecule has 0 atom stereocenters. The lowest BCUT2D eigenvalue weighted by Crippen LogP contribution is -2.02. The molecule has 0 aliphatic rings. The normalized spacial score (nSPS) is 10.1. The third kappa shape index (κ3) is 2.50. The van der Waals surface area contributed by atoms with Crippen LogP contribution < -0.4 is 10.1 Å². The molecular weight excluding hydrogens is 216 g/mol. The number of hydrogen-bond acceptors (Lipinski definition) is 5. The average molecular weight is 230 g/mol. The summed E-state index contributed by atoms with van der Waals surface area (Å²) in [5, 5.41) is 3.02. The Balaban J connectivity index is 2.36. The fraction of sp³-hybridized carbons (Fsp3) is 0.250. The molecule has 2 aromatic heterocycles. The van der Waals surface area contributed by atoms with Gasteiger partial charge >= 0.3 is 0 Å². The molecule has 2 heterocycles. The molecule has 1 N–H and O–H groups in total. The van der Waals surface area contributed by atoms with Crippen LogP contribution in [0.1, 0.15) is 11.4 Å². The first-order valence-electron chi connectivity index (χ1n) is 5.31. The lowest BCUT2D eigenvalue weighted by atomic mass is 10.3. The molecule has 17 heavy (non-hydrogen) atoms. The first kappa shape index (κ1) is 11.3. The minimum absolute atomic E-state index is 0.551. The zero-order valence-corrected chi connectivity index (χ0v) is 10.1. The van der Waals surface area contributed by atoms with Gasteiger partial charge in [0.05, 0.1) is 11.8 Å². The van der Waals surface area contributed by atoms with Gasteiger partial charge in [0.2, 0.25) is 5.88 Å². The predicted molar refractivity (Wildman–Crippen MR) is 65.4 cm³/mol. The summed E-state index contributed by atoms with van der Waals surface area (Å²) >= 11 is 0. The van der Waals surface area contributed by atoms with Crippen LogP contribution in [0.25, 0.3) is 0 Å². The van der Waals surface area contributed by atoms with Gasteiger partial charge in [-0.15, -0.1) is 0 Å². The van der Waals surface area contributed by atoms with Crippen molar-refractivity contribution >= 4 is 5.82 Å². The summed E-state index contributed by atoms with van der Waals surface area (Å²) in [4.78, 5) is 12.5. The lowest BCUT2D eigenvalue weighted by Gasteiger charge is -2.11. The molecule has 0 aromatic carbocycles. The van der Waals surface area contributed by atoms with Crippen molar-refractivity contribution in [2.45, 2.75) is 13.8 Å². The molecule has 0 radical (unpaired) electrons. The molecule has 0 spiro atoms. The molecule has 5 heteroatoms. The number of hydrogen-bond donors (Lipinski definition) is 1. The lowest BCUT2D eigenvalue weighted by molar-refractivity contribution is 0.454. The number of aromatic nitrogens is 3. The highest BCUT2D eigenvalue weighted by atomic mass is 16.5. The van der Waals surface area contributed by atoms with Crippen molar-refractivity contribution in [1.29, 1.82) is 0 Å². The fourth-order valence-corrected chi connectivity index (χ4v) is 1.46. The van der Waals surface area contributed by atoms with Crippen LogP contribution in [0.4, 0.5) is 5.82 Å². The van der Waals surface area contributed by atoms with Crippen LogP contribution in [0, 0.1) is 13.8 Å². The highest BCUT2D eigenvalue weighted by Gasteiger charge is 2.09. The first-order valence-corrected chi connectivity index (χ1v) is 5.31. The van der Waals surface area contributed by atoms with E-state index in [0.29, 0.717) is 17.5 Å². The number of rotatable bonds is 3. The number of nitrogens with zero attached hydrogens (tertiary/aromatic N) is 3. The van der Waals surface area contributed by atoms with Gasteiger partial charge in [-0.1, -0.05) is 0 Å². The van der Waals surface area contributed by atoms with Crippen LogP contribution in [0.15, 0.2) is 24.5 Å². The van der Waals surface area contributed by atoms with Gasteiger partial charge in [-0.05, 0) is 26.0 Å². The highest BCUT2D eigenvalue weighted by Crippen LogP contribution is 2.25. The van der Waals surface area contributed by atoms with Gasteiger partial charge in [-0.25, -0.2) is 4.98 Å². The van der Waals surface area contributed by atoms with E-state index in [1.165, 1.54) is 0 Å². The van der Waals surface area contributed by atoms with Crippen molar-refractivity contribution in [3.63, 3.8) is 0 Å². The van der Waals surface area contributed by atoms with E-state index in [9.17, 15) is 0 Å². The van der Waals surface area contributed by atoms with Crippen LogP contribution >= 0.6 is 0 Å². The molecule has 0 saturated carbocycles. The Morgan fingerprint density at radius 1 is 1.24 bits per heavy atom. The minimum atomic E-state index is 0.551. The molecular formula is C12H14N4O. The summed E-state index contributed by atoms with van der Waals surface area (Å²) in [5.74, 6) is 2.65. The fourth-order valence-electron chi connectivity index (χ4n) is 1.46. The minimum Gasteiger partial charge on any atom is -0.437 e. The van der Waals surface area contributed by atoms with E-state index in [-0.39, 0.29) is 0 Å². The highest BCUT2D eigenvalue weighted by molar-refractivity contribution is 5.48. The SMILES string of the molecule is CNc1nc(C)nc(Oc2cccnc2)c1C. The number of ether oxygens (including phenoxy) is 1. The Hall–Kier alpha value is -2.17. The van der Waals surface area contributed by atoms with E-state index in [0.717, 1.165) is 11.4 Å². The molecule has 0 amide bonds. The maximum Gasteiger partial charge on any atom is 0.227 e. The number of pyridine rings is 1. The van der Waals surface area contributed by atoms with Crippen molar-refractivity contribution in [2.24, 2.45) is 0 Å². The third-order valence-corrected chi connectivity index (χ3v) is 2.30. The van der Waals surface area contributed by atoms with Crippen molar-refractivity contribution in [2.75, 3.05) is 12.4 Å². The van der Waals surface area contributed by atoms with Gasteiger partial charge in [0, 0.05) is 13.2 Å². The van der Waals surface area contributed by atoms with Gasteiger partial charge in [0.1, 0.15) is 17.4 Å². The standard InChI is InChI=1S/C12H14N4O/c1-8-11(13-3)15-9(2)16-12(8)17-10-5-4-6-14-7-10/h4-7H,1-3H3,(H,13,15,16). The Bertz CT molecular complexity index is 513. The molecule has 88 valence electrons. The second kappa shape index (κ2) is 4.78. The monoisotopic (exact) mass is 230 g/mol. The zero-order valence-electron chi connectivity index (χ0n) is 10.1. The van der Waals surface area contributed by atoms with Gasteiger partial charge in [0.15, 0.2) is 0 Å². The van der Waals surface area contributed by atoms with Gasteiger partial charge < -0.3 is 10.1 Å². The summed E-state index contributed by atoms with van der Waals surface area (Å²) in [6.45, 7) is 3.74. The first-order chi connectivity index (χ1) is 8.20. The van der Waals surface area contributed by atoms with E-state index >= 15 is 0 Å².